The van der Waals surface area contributed by atoms with Crippen molar-refractivity contribution in [3.63, 3.8) is 0 Å². The number of oxime groups is 1. The fourth-order valence-corrected chi connectivity index (χ4v) is 2.85. The van der Waals surface area contributed by atoms with E-state index in [1.165, 1.54) is 0 Å². The average molecular weight is 328 g/mol. The molecule has 0 N–H and O–H groups in total. The molecule has 0 spiro atoms. The molecular formula is C18H24N4O2. The van der Waals surface area contributed by atoms with Gasteiger partial charge in [-0.05, 0) is 25.6 Å². The summed E-state index contributed by atoms with van der Waals surface area (Å²) < 4.78 is 7.14. The van der Waals surface area contributed by atoms with E-state index in [1.54, 1.807) is 7.11 Å². The Morgan fingerprint density at radius 2 is 2.29 bits per heavy atom. The number of benzene rings is 1. The predicted molar refractivity (Wildman–Crippen MR) is 93.7 cm³/mol. The molecule has 6 heteroatoms. The summed E-state index contributed by atoms with van der Waals surface area (Å²) in [5.41, 5.74) is 3.30. The van der Waals surface area contributed by atoms with Gasteiger partial charge in [-0.2, -0.15) is 5.10 Å². The lowest BCUT2D eigenvalue weighted by atomic mass is 10.1. The quantitative estimate of drug-likeness (QED) is 0.784. The van der Waals surface area contributed by atoms with Crippen LogP contribution in [0.15, 0.2) is 41.8 Å². The predicted octanol–water partition coefficient (Wildman–Crippen LogP) is 2.87. The molecule has 24 heavy (non-hydrogen) atoms. The molecule has 1 unspecified atom stereocenters. The Balaban J connectivity index is 1.57. The van der Waals surface area contributed by atoms with E-state index < -0.39 is 0 Å². The number of methoxy groups -OCH3 is 1. The molecule has 1 aliphatic heterocycles. The molecule has 0 amide bonds. The molecule has 1 aliphatic rings. The first kappa shape index (κ1) is 16.5. The standard InChI is InChI=1S/C18H24N4O2/c1-4-15-8-18(24-20-15)13-21(2)11-14-10-19-22(12-14)16-6-5-7-17(9-16)23-3/h5-7,9-10,12,18H,4,8,11,13H2,1-3H3. The van der Waals surface area contributed by atoms with E-state index in [1.807, 2.05) is 35.1 Å². The Labute approximate surface area is 142 Å². The van der Waals surface area contributed by atoms with Gasteiger partial charge in [0.1, 0.15) is 11.9 Å². The van der Waals surface area contributed by atoms with Crippen molar-refractivity contribution >= 4 is 5.71 Å². The summed E-state index contributed by atoms with van der Waals surface area (Å²) in [6.45, 7) is 3.80. The fraction of sp³-hybridized carbons (Fsp3) is 0.444. The van der Waals surface area contributed by atoms with Crippen molar-refractivity contribution in [1.82, 2.24) is 14.7 Å². The highest BCUT2D eigenvalue weighted by Crippen LogP contribution is 2.17. The molecule has 2 aromatic rings. The molecule has 1 aromatic heterocycles. The summed E-state index contributed by atoms with van der Waals surface area (Å²) >= 11 is 0. The summed E-state index contributed by atoms with van der Waals surface area (Å²) in [6.07, 6.45) is 6.02. The van der Waals surface area contributed by atoms with E-state index in [0.29, 0.717) is 0 Å². The highest BCUT2D eigenvalue weighted by atomic mass is 16.6. The van der Waals surface area contributed by atoms with Gasteiger partial charge in [0.25, 0.3) is 0 Å². The minimum Gasteiger partial charge on any atom is -0.497 e. The summed E-state index contributed by atoms with van der Waals surface area (Å²) in [5.74, 6) is 0.826. The molecule has 0 radical (unpaired) electrons. The molecule has 1 aromatic carbocycles. The second-order valence-electron chi connectivity index (χ2n) is 6.13. The van der Waals surface area contributed by atoms with Crippen LogP contribution in [0.4, 0.5) is 0 Å². The Bertz CT molecular complexity index is 711. The second kappa shape index (κ2) is 7.49. The van der Waals surface area contributed by atoms with Gasteiger partial charge >= 0.3 is 0 Å². The summed E-state index contributed by atoms with van der Waals surface area (Å²) in [7, 11) is 3.76. The van der Waals surface area contributed by atoms with Gasteiger partial charge in [0.05, 0.1) is 24.7 Å². The second-order valence-corrected chi connectivity index (χ2v) is 6.13. The smallest absolute Gasteiger partial charge is 0.145 e. The first-order chi connectivity index (χ1) is 11.7. The van der Waals surface area contributed by atoms with Crippen LogP contribution in [0, 0.1) is 0 Å². The molecule has 0 aliphatic carbocycles. The molecule has 2 heterocycles. The molecule has 1 atom stereocenters. The normalized spacial score (nSPS) is 17.0. The third-order valence-corrected chi connectivity index (χ3v) is 4.12. The molecule has 0 fully saturated rings. The number of hydrogen-bond donors (Lipinski definition) is 0. The van der Waals surface area contributed by atoms with E-state index in [9.17, 15) is 0 Å². The Kier molecular flexibility index (Phi) is 5.15. The van der Waals surface area contributed by atoms with Crippen LogP contribution in [0.1, 0.15) is 25.3 Å². The molecular weight excluding hydrogens is 304 g/mol. The number of likely N-dealkylation sites (N-methyl/N-ethyl adjacent to an activating group) is 1. The van der Waals surface area contributed by atoms with Gasteiger partial charge in [0, 0.05) is 37.3 Å². The van der Waals surface area contributed by atoms with Crippen molar-refractivity contribution < 1.29 is 9.57 Å². The van der Waals surface area contributed by atoms with E-state index >= 15 is 0 Å². The lowest BCUT2D eigenvalue weighted by Gasteiger charge is -2.18. The summed E-state index contributed by atoms with van der Waals surface area (Å²) in [5, 5.41) is 8.57. The average Bonchev–Trinajstić information content (AvgIpc) is 3.24. The highest BCUT2D eigenvalue weighted by Gasteiger charge is 2.21. The minimum absolute atomic E-state index is 0.165. The van der Waals surface area contributed by atoms with Crippen molar-refractivity contribution in [1.29, 1.82) is 0 Å². The molecule has 3 rings (SSSR count). The van der Waals surface area contributed by atoms with Crippen molar-refractivity contribution in [2.45, 2.75) is 32.4 Å². The van der Waals surface area contributed by atoms with Crippen LogP contribution < -0.4 is 4.74 Å². The third-order valence-electron chi connectivity index (χ3n) is 4.12. The topological polar surface area (TPSA) is 51.9 Å². The summed E-state index contributed by atoms with van der Waals surface area (Å²) in [4.78, 5) is 7.72. The largest absolute Gasteiger partial charge is 0.497 e. The van der Waals surface area contributed by atoms with E-state index in [2.05, 4.69) is 35.3 Å². The third kappa shape index (κ3) is 3.94. The molecule has 6 nitrogen and oxygen atoms in total. The zero-order chi connectivity index (χ0) is 16.9. The number of hydrogen-bond acceptors (Lipinski definition) is 5. The lowest BCUT2D eigenvalue weighted by molar-refractivity contribution is 0.0576. The monoisotopic (exact) mass is 328 g/mol. The lowest BCUT2D eigenvalue weighted by Crippen LogP contribution is -2.28. The van der Waals surface area contributed by atoms with Gasteiger partial charge in [-0.25, -0.2) is 4.68 Å². The SMILES string of the molecule is CCC1=NOC(CN(C)Cc2cnn(-c3cccc(OC)c3)c2)C1. The van der Waals surface area contributed by atoms with Crippen LogP contribution in [0.2, 0.25) is 0 Å². The maximum atomic E-state index is 5.48. The molecule has 0 bridgehead atoms. The number of aromatic nitrogens is 2. The maximum absolute atomic E-state index is 5.48. The van der Waals surface area contributed by atoms with Crippen LogP contribution in [0.25, 0.3) is 5.69 Å². The number of rotatable bonds is 7. The fourth-order valence-electron chi connectivity index (χ4n) is 2.85. The van der Waals surface area contributed by atoms with E-state index in [4.69, 9.17) is 9.57 Å². The van der Waals surface area contributed by atoms with Crippen molar-refractivity contribution in [3.8, 4) is 11.4 Å². The Morgan fingerprint density at radius 3 is 3.04 bits per heavy atom. The molecule has 128 valence electrons. The Hall–Kier alpha value is -2.34. The van der Waals surface area contributed by atoms with Gasteiger partial charge in [-0.1, -0.05) is 18.1 Å². The first-order valence-corrected chi connectivity index (χ1v) is 8.26. The highest BCUT2D eigenvalue weighted by molar-refractivity contribution is 5.85. The Morgan fingerprint density at radius 1 is 1.42 bits per heavy atom. The van der Waals surface area contributed by atoms with E-state index in [-0.39, 0.29) is 6.10 Å². The van der Waals surface area contributed by atoms with Crippen LogP contribution in [0.3, 0.4) is 0 Å². The molecule has 0 saturated carbocycles. The number of ether oxygens (including phenoxy) is 1. The van der Waals surface area contributed by atoms with Crippen LogP contribution in [-0.2, 0) is 11.4 Å². The maximum Gasteiger partial charge on any atom is 0.145 e. The van der Waals surface area contributed by atoms with Crippen LogP contribution in [0.5, 0.6) is 5.75 Å². The zero-order valence-corrected chi connectivity index (χ0v) is 14.5. The van der Waals surface area contributed by atoms with Gasteiger partial charge in [-0.15, -0.1) is 0 Å². The molecule has 0 saturated heterocycles. The van der Waals surface area contributed by atoms with Gasteiger partial charge in [-0.3, -0.25) is 4.90 Å². The van der Waals surface area contributed by atoms with Crippen molar-refractivity contribution in [2.24, 2.45) is 5.16 Å². The van der Waals surface area contributed by atoms with E-state index in [0.717, 1.165) is 48.6 Å². The van der Waals surface area contributed by atoms with Crippen LogP contribution >= 0.6 is 0 Å². The van der Waals surface area contributed by atoms with Gasteiger partial charge in [0.15, 0.2) is 0 Å². The van der Waals surface area contributed by atoms with Crippen molar-refractivity contribution in [2.75, 3.05) is 20.7 Å². The van der Waals surface area contributed by atoms with Gasteiger partial charge in [0.2, 0.25) is 0 Å². The van der Waals surface area contributed by atoms with Gasteiger partial charge < -0.3 is 9.57 Å². The summed E-state index contributed by atoms with van der Waals surface area (Å²) in [6, 6.07) is 7.87. The number of nitrogens with zero attached hydrogens (tertiary/aromatic N) is 4. The minimum atomic E-state index is 0.165. The van der Waals surface area contributed by atoms with Crippen LogP contribution in [-0.4, -0.2) is 47.2 Å². The first-order valence-electron chi connectivity index (χ1n) is 8.26. The van der Waals surface area contributed by atoms with Crippen molar-refractivity contribution in [3.05, 3.63) is 42.2 Å². The zero-order valence-electron chi connectivity index (χ0n) is 14.5.